The molecule has 0 saturated carbocycles. The van der Waals surface area contributed by atoms with Crippen LogP contribution in [0.2, 0.25) is 0 Å². The molecule has 1 heterocycles. The number of aliphatic hydroxyl groups is 1. The molecule has 0 bridgehead atoms. The third-order valence-electron chi connectivity index (χ3n) is 6.51. The lowest BCUT2D eigenvalue weighted by Gasteiger charge is -2.36. The second kappa shape index (κ2) is 16.0. The van der Waals surface area contributed by atoms with Crippen molar-refractivity contribution in [3.05, 3.63) is 113 Å². The number of aldehydes is 1. The minimum Gasteiger partial charge on any atom is -0.456 e. The summed E-state index contributed by atoms with van der Waals surface area (Å²) in [6, 6.07) is 19.5. The predicted molar refractivity (Wildman–Crippen MR) is 174 cm³/mol. The van der Waals surface area contributed by atoms with Gasteiger partial charge in [-0.3, -0.25) is 4.79 Å². The normalized spacial score (nSPS) is 13.3. The smallest absolute Gasteiger partial charge is 0.148 e. The average molecular weight is 558 g/mol. The van der Waals surface area contributed by atoms with E-state index in [-0.39, 0.29) is 6.04 Å². The maximum atomic E-state index is 12.1. The molecule has 1 unspecified atom stereocenters. The lowest BCUT2D eigenvalue weighted by atomic mass is 10.0. The standard InChI is InChI=1S/C32H34NO2P.C2H6.CH4O/c1-7-8-9-31-24(5)18-32(35-31)26-14-12-25(13-15-26)27-19-28(21-34)30(20-27)33(22(2)3)36(6)29-16-10-23(4)11-17-29;2*1-2/h7-18,20-22H,1,19H2,2-6H3;1-2H3;2H,1H3/b9-8-;;. The number of aliphatic hydroxyl groups excluding tert-OH is 1. The fourth-order valence-corrected chi connectivity index (χ4v) is 6.62. The molecular formula is C35H44NO3P. The highest BCUT2D eigenvalue weighted by Gasteiger charge is 2.27. The molecule has 1 aliphatic carbocycles. The Hall–Kier alpha value is -3.46. The maximum Gasteiger partial charge on any atom is 0.148 e. The minimum atomic E-state index is -0.615. The van der Waals surface area contributed by atoms with E-state index in [9.17, 15) is 4.79 Å². The Morgan fingerprint density at radius 3 is 2.15 bits per heavy atom. The number of furan rings is 1. The summed E-state index contributed by atoms with van der Waals surface area (Å²) in [6.45, 7) is 18.6. The Bertz CT molecular complexity index is 1340. The van der Waals surface area contributed by atoms with Crippen molar-refractivity contribution < 1.29 is 14.3 Å². The first-order valence-corrected chi connectivity index (χ1v) is 15.5. The zero-order valence-corrected chi connectivity index (χ0v) is 26.1. The van der Waals surface area contributed by atoms with Crippen LogP contribution in [0.3, 0.4) is 0 Å². The number of hydrogen-bond donors (Lipinski definition) is 1. The van der Waals surface area contributed by atoms with Gasteiger partial charge in [0, 0.05) is 44.5 Å². The number of nitrogens with zero attached hydrogens (tertiary/aromatic N) is 1. The van der Waals surface area contributed by atoms with Crippen LogP contribution in [0.15, 0.2) is 95.1 Å². The van der Waals surface area contributed by atoms with E-state index < -0.39 is 8.07 Å². The van der Waals surface area contributed by atoms with E-state index in [0.29, 0.717) is 6.42 Å². The Labute approximate surface area is 242 Å². The van der Waals surface area contributed by atoms with Gasteiger partial charge in [-0.1, -0.05) is 86.7 Å². The molecule has 1 aliphatic rings. The van der Waals surface area contributed by atoms with Crippen LogP contribution in [0.4, 0.5) is 0 Å². The van der Waals surface area contributed by atoms with Gasteiger partial charge in [-0.2, -0.15) is 0 Å². The van der Waals surface area contributed by atoms with Crippen molar-refractivity contribution in [1.29, 1.82) is 0 Å². The zero-order chi connectivity index (χ0) is 29.8. The van der Waals surface area contributed by atoms with Crippen LogP contribution in [0.1, 0.15) is 56.6 Å². The van der Waals surface area contributed by atoms with Gasteiger partial charge < -0.3 is 14.2 Å². The highest BCUT2D eigenvalue weighted by Crippen LogP contribution is 2.45. The number of benzene rings is 2. The highest BCUT2D eigenvalue weighted by molar-refractivity contribution is 7.62. The molecule has 1 atom stereocenters. The van der Waals surface area contributed by atoms with Crippen LogP contribution in [0.5, 0.6) is 0 Å². The lowest BCUT2D eigenvalue weighted by Crippen LogP contribution is -2.28. The van der Waals surface area contributed by atoms with Crippen molar-refractivity contribution in [3.63, 3.8) is 0 Å². The first-order valence-electron chi connectivity index (χ1n) is 13.8. The molecule has 40 heavy (non-hydrogen) atoms. The molecule has 4 nitrogen and oxygen atoms in total. The Morgan fingerprint density at radius 1 is 1.00 bits per heavy atom. The zero-order valence-electron chi connectivity index (χ0n) is 25.2. The molecule has 0 saturated heterocycles. The summed E-state index contributed by atoms with van der Waals surface area (Å²) in [7, 11) is 0.385. The molecule has 212 valence electrons. The number of carbonyl (C=O) groups is 1. The maximum absolute atomic E-state index is 12.1. The first kappa shape index (κ1) is 32.8. The van der Waals surface area contributed by atoms with E-state index in [1.807, 2.05) is 32.9 Å². The van der Waals surface area contributed by atoms with Crippen LogP contribution >= 0.6 is 8.07 Å². The summed E-state index contributed by atoms with van der Waals surface area (Å²) in [4.78, 5) is 12.1. The van der Waals surface area contributed by atoms with Crippen LogP contribution < -0.4 is 5.30 Å². The highest BCUT2D eigenvalue weighted by atomic mass is 31.1. The van der Waals surface area contributed by atoms with Gasteiger partial charge in [-0.05, 0) is 74.6 Å². The Morgan fingerprint density at radius 2 is 1.60 bits per heavy atom. The average Bonchev–Trinajstić information content (AvgIpc) is 3.57. The second-order valence-electron chi connectivity index (χ2n) is 9.50. The summed E-state index contributed by atoms with van der Waals surface area (Å²) in [5.41, 5.74) is 7.57. The summed E-state index contributed by atoms with van der Waals surface area (Å²) in [6.07, 6.45) is 9.44. The van der Waals surface area contributed by atoms with E-state index in [1.54, 1.807) is 6.08 Å². The SMILES string of the molecule is C=C/C=C\c1oc(-c2ccc(C3=CC(N(C(C)C)P(C)c4ccc(C)cc4)=C(C=O)C3)cc2)cc1C.CC.CO. The Balaban J connectivity index is 0.00000134. The fourth-order valence-electron chi connectivity index (χ4n) is 4.58. The predicted octanol–water partition coefficient (Wildman–Crippen LogP) is 8.70. The molecule has 1 aromatic heterocycles. The summed E-state index contributed by atoms with van der Waals surface area (Å²) in [5.74, 6) is 1.69. The molecule has 5 heteroatoms. The molecule has 2 aromatic carbocycles. The van der Waals surface area contributed by atoms with Crippen LogP contribution in [-0.4, -0.2) is 35.9 Å². The summed E-state index contributed by atoms with van der Waals surface area (Å²) in [5, 5.41) is 8.31. The van der Waals surface area contributed by atoms with Crippen molar-refractivity contribution in [2.24, 2.45) is 0 Å². The van der Waals surface area contributed by atoms with Crippen molar-refractivity contribution in [1.82, 2.24) is 4.67 Å². The van der Waals surface area contributed by atoms with Gasteiger partial charge in [0.25, 0.3) is 0 Å². The minimum absolute atomic E-state index is 0.275. The van der Waals surface area contributed by atoms with E-state index in [0.717, 1.165) is 52.9 Å². The van der Waals surface area contributed by atoms with Gasteiger partial charge in [0.1, 0.15) is 17.8 Å². The molecule has 0 fully saturated rings. The Kier molecular flexibility index (Phi) is 13.1. The van der Waals surface area contributed by atoms with Gasteiger partial charge in [-0.25, -0.2) is 0 Å². The van der Waals surface area contributed by atoms with Gasteiger partial charge >= 0.3 is 0 Å². The monoisotopic (exact) mass is 557 g/mol. The lowest BCUT2D eigenvalue weighted by molar-refractivity contribution is -0.105. The van der Waals surface area contributed by atoms with Crippen molar-refractivity contribution >= 4 is 31.3 Å². The molecule has 0 aliphatic heterocycles. The fraction of sp³-hybridized carbons (Fsp3) is 0.286. The van der Waals surface area contributed by atoms with Gasteiger partial charge in [0.05, 0.1) is 0 Å². The quantitative estimate of drug-likeness (QED) is 0.162. The van der Waals surface area contributed by atoms with E-state index in [2.05, 4.69) is 99.4 Å². The second-order valence-corrected chi connectivity index (χ2v) is 11.5. The first-order chi connectivity index (χ1) is 19.3. The largest absolute Gasteiger partial charge is 0.456 e. The topological polar surface area (TPSA) is 53.7 Å². The van der Waals surface area contributed by atoms with Crippen LogP contribution in [-0.2, 0) is 4.79 Å². The molecular weight excluding hydrogens is 513 g/mol. The molecule has 4 rings (SSSR count). The van der Waals surface area contributed by atoms with Crippen molar-refractivity contribution in [2.45, 2.75) is 54.0 Å². The third-order valence-corrected chi connectivity index (χ3v) is 8.88. The number of hydrogen-bond acceptors (Lipinski definition) is 4. The van der Waals surface area contributed by atoms with Crippen molar-refractivity contribution in [2.75, 3.05) is 13.8 Å². The van der Waals surface area contributed by atoms with E-state index >= 15 is 0 Å². The van der Waals surface area contributed by atoms with Crippen LogP contribution in [0.25, 0.3) is 23.0 Å². The summed E-state index contributed by atoms with van der Waals surface area (Å²) >= 11 is 0. The molecule has 0 radical (unpaired) electrons. The van der Waals surface area contributed by atoms with Gasteiger partial charge in [-0.15, -0.1) is 0 Å². The molecule has 3 aromatic rings. The summed E-state index contributed by atoms with van der Waals surface area (Å²) < 4.78 is 8.47. The van der Waals surface area contributed by atoms with E-state index in [4.69, 9.17) is 9.52 Å². The van der Waals surface area contributed by atoms with Crippen molar-refractivity contribution in [3.8, 4) is 11.3 Å². The van der Waals surface area contributed by atoms with Crippen LogP contribution in [0, 0.1) is 13.8 Å². The van der Waals surface area contributed by atoms with Gasteiger partial charge in [0.15, 0.2) is 0 Å². The molecule has 1 N–H and O–H groups in total. The number of aryl methyl sites for hydroxylation is 2. The molecule has 0 spiro atoms. The van der Waals surface area contributed by atoms with E-state index in [1.165, 1.54) is 16.4 Å². The number of rotatable bonds is 9. The van der Waals surface area contributed by atoms with Gasteiger partial charge in [0.2, 0.25) is 0 Å². The number of allylic oxidation sites excluding steroid dienone is 5. The third kappa shape index (κ3) is 7.81. The molecule has 0 amide bonds. The number of carbonyl (C=O) groups excluding carboxylic acids is 1.